The van der Waals surface area contributed by atoms with Crippen LogP contribution in [0.1, 0.15) is 45.2 Å². The van der Waals surface area contributed by atoms with Crippen LogP contribution in [0.4, 0.5) is 20.7 Å². The normalized spacial score (nSPS) is 16.8. The van der Waals surface area contributed by atoms with Crippen molar-refractivity contribution in [2.45, 2.75) is 45.1 Å². The highest BCUT2D eigenvalue weighted by Gasteiger charge is 2.29. The average molecular weight is 458 g/mol. The summed E-state index contributed by atoms with van der Waals surface area (Å²) >= 11 is 5.90. The van der Waals surface area contributed by atoms with Gasteiger partial charge in [0.15, 0.2) is 5.82 Å². The summed E-state index contributed by atoms with van der Waals surface area (Å²) in [6.07, 6.45) is 4.52. The SMILES string of the molecule is CC(C)(C)OC(=O)N1CCCC(c2cc3c(Nc4cccc(Cl)c4F)ncnc3cn2)C1. The van der Waals surface area contributed by atoms with Crippen LogP contribution < -0.4 is 5.32 Å². The van der Waals surface area contributed by atoms with Gasteiger partial charge in [-0.1, -0.05) is 17.7 Å². The summed E-state index contributed by atoms with van der Waals surface area (Å²) in [5.41, 5.74) is 1.15. The highest BCUT2D eigenvalue weighted by atomic mass is 35.5. The van der Waals surface area contributed by atoms with E-state index < -0.39 is 11.4 Å². The van der Waals surface area contributed by atoms with E-state index in [9.17, 15) is 9.18 Å². The van der Waals surface area contributed by atoms with Crippen LogP contribution in [0.5, 0.6) is 0 Å². The Balaban J connectivity index is 1.61. The Labute approximate surface area is 191 Å². The number of nitrogens with one attached hydrogen (secondary N) is 1. The summed E-state index contributed by atoms with van der Waals surface area (Å²) in [7, 11) is 0. The Morgan fingerprint density at radius 1 is 1.28 bits per heavy atom. The molecule has 32 heavy (non-hydrogen) atoms. The number of anilines is 2. The van der Waals surface area contributed by atoms with E-state index in [4.69, 9.17) is 16.3 Å². The number of amides is 1. The molecule has 1 unspecified atom stereocenters. The highest BCUT2D eigenvalue weighted by Crippen LogP contribution is 2.31. The maximum absolute atomic E-state index is 14.4. The van der Waals surface area contributed by atoms with E-state index in [0.29, 0.717) is 29.8 Å². The molecule has 1 atom stereocenters. The van der Waals surface area contributed by atoms with Gasteiger partial charge in [-0.2, -0.15) is 0 Å². The van der Waals surface area contributed by atoms with Crippen LogP contribution >= 0.6 is 11.6 Å². The molecular formula is C23H25ClFN5O2. The van der Waals surface area contributed by atoms with Crippen molar-refractivity contribution >= 4 is 40.1 Å². The Hall–Kier alpha value is -3.00. The summed E-state index contributed by atoms with van der Waals surface area (Å²) in [6, 6.07) is 6.65. The second-order valence-electron chi connectivity index (χ2n) is 8.84. The first-order chi connectivity index (χ1) is 15.2. The number of carbonyl (C=O) groups is 1. The van der Waals surface area contributed by atoms with Crippen LogP contribution in [0.3, 0.4) is 0 Å². The minimum atomic E-state index is -0.546. The Morgan fingerprint density at radius 2 is 2.09 bits per heavy atom. The van der Waals surface area contributed by atoms with Crippen LogP contribution in [0.2, 0.25) is 5.02 Å². The van der Waals surface area contributed by atoms with Gasteiger partial charge in [-0.3, -0.25) is 4.98 Å². The van der Waals surface area contributed by atoms with E-state index in [1.165, 1.54) is 12.4 Å². The van der Waals surface area contributed by atoms with Gasteiger partial charge in [-0.25, -0.2) is 19.2 Å². The highest BCUT2D eigenvalue weighted by molar-refractivity contribution is 6.31. The Kier molecular flexibility index (Phi) is 6.15. The number of fused-ring (bicyclic) bond motifs is 1. The van der Waals surface area contributed by atoms with Crippen molar-refractivity contribution in [3.8, 4) is 0 Å². The fourth-order valence-corrected chi connectivity index (χ4v) is 3.91. The minimum absolute atomic E-state index is 0.0279. The molecule has 3 aromatic rings. The number of halogens is 2. The molecule has 2 aromatic heterocycles. The monoisotopic (exact) mass is 457 g/mol. The second kappa shape index (κ2) is 8.86. The second-order valence-corrected chi connectivity index (χ2v) is 9.25. The average Bonchev–Trinajstić information content (AvgIpc) is 2.76. The van der Waals surface area contributed by atoms with Gasteiger partial charge in [0.25, 0.3) is 0 Å². The van der Waals surface area contributed by atoms with Gasteiger partial charge in [0.1, 0.15) is 17.7 Å². The van der Waals surface area contributed by atoms with Crippen LogP contribution in [0, 0.1) is 5.82 Å². The molecule has 1 fully saturated rings. The predicted molar refractivity (Wildman–Crippen MR) is 122 cm³/mol. The summed E-state index contributed by atoms with van der Waals surface area (Å²) in [4.78, 5) is 27.4. The predicted octanol–water partition coefficient (Wildman–Crippen LogP) is 5.68. The number of rotatable bonds is 3. The molecule has 1 aliphatic heterocycles. The quantitative estimate of drug-likeness (QED) is 0.545. The lowest BCUT2D eigenvalue weighted by molar-refractivity contribution is 0.0197. The summed E-state index contributed by atoms with van der Waals surface area (Å²) in [5.74, 6) is -0.0354. The molecule has 1 N–H and O–H groups in total. The van der Waals surface area contributed by atoms with Crippen molar-refractivity contribution in [1.29, 1.82) is 0 Å². The van der Waals surface area contributed by atoms with Crippen LogP contribution in [-0.2, 0) is 4.74 Å². The zero-order chi connectivity index (χ0) is 22.9. The first-order valence-electron chi connectivity index (χ1n) is 10.5. The maximum Gasteiger partial charge on any atom is 0.410 e. The van der Waals surface area contributed by atoms with Crippen LogP contribution in [-0.4, -0.2) is 44.6 Å². The van der Waals surface area contributed by atoms with Crippen LogP contribution in [0.15, 0.2) is 36.8 Å². The van der Waals surface area contributed by atoms with Crippen LogP contribution in [0.25, 0.3) is 10.9 Å². The molecule has 9 heteroatoms. The number of likely N-dealkylation sites (tertiary alicyclic amines) is 1. The lowest BCUT2D eigenvalue weighted by Crippen LogP contribution is -2.42. The van der Waals surface area contributed by atoms with Gasteiger partial charge in [0, 0.05) is 30.1 Å². The molecule has 0 bridgehead atoms. The van der Waals surface area contributed by atoms with Gasteiger partial charge >= 0.3 is 6.09 Å². The molecular weight excluding hydrogens is 433 g/mol. The number of ether oxygens (including phenoxy) is 1. The fourth-order valence-electron chi connectivity index (χ4n) is 3.74. The largest absolute Gasteiger partial charge is 0.444 e. The van der Waals surface area contributed by atoms with E-state index in [-0.39, 0.29) is 22.7 Å². The molecule has 1 saturated heterocycles. The van der Waals surface area contributed by atoms with E-state index in [1.807, 2.05) is 26.8 Å². The number of pyridine rings is 1. The third-order valence-electron chi connectivity index (χ3n) is 5.24. The third-order valence-corrected chi connectivity index (χ3v) is 5.53. The summed E-state index contributed by atoms with van der Waals surface area (Å²) in [6.45, 7) is 6.74. The maximum atomic E-state index is 14.4. The van der Waals surface area contributed by atoms with Gasteiger partial charge in [-0.15, -0.1) is 0 Å². The van der Waals surface area contributed by atoms with Crippen molar-refractivity contribution in [3.05, 3.63) is 53.3 Å². The molecule has 0 spiro atoms. The first-order valence-corrected chi connectivity index (χ1v) is 10.9. The number of nitrogens with zero attached hydrogens (tertiary/aromatic N) is 4. The first kappa shape index (κ1) is 22.2. The van der Waals surface area contributed by atoms with Crippen molar-refractivity contribution in [3.63, 3.8) is 0 Å². The van der Waals surface area contributed by atoms with E-state index in [2.05, 4.69) is 20.3 Å². The number of aromatic nitrogens is 3. The molecule has 1 aromatic carbocycles. The van der Waals surface area contributed by atoms with Crippen molar-refractivity contribution < 1.29 is 13.9 Å². The number of benzene rings is 1. The number of carbonyl (C=O) groups excluding carboxylic acids is 1. The molecule has 4 rings (SSSR count). The molecule has 1 amide bonds. The molecule has 0 aliphatic carbocycles. The topological polar surface area (TPSA) is 80.2 Å². The zero-order valence-corrected chi connectivity index (χ0v) is 19.0. The van der Waals surface area contributed by atoms with Gasteiger partial charge in [0.05, 0.1) is 22.4 Å². The Bertz CT molecular complexity index is 1150. The van der Waals surface area contributed by atoms with E-state index in [1.54, 1.807) is 23.2 Å². The molecule has 7 nitrogen and oxygen atoms in total. The smallest absolute Gasteiger partial charge is 0.410 e. The molecule has 0 radical (unpaired) electrons. The number of hydrogen-bond acceptors (Lipinski definition) is 6. The number of piperidine rings is 1. The molecule has 3 heterocycles. The zero-order valence-electron chi connectivity index (χ0n) is 18.2. The van der Waals surface area contributed by atoms with Gasteiger partial charge < -0.3 is 15.0 Å². The Morgan fingerprint density at radius 3 is 2.88 bits per heavy atom. The number of hydrogen-bond donors (Lipinski definition) is 1. The van der Waals surface area contributed by atoms with Crippen molar-refractivity contribution in [1.82, 2.24) is 19.9 Å². The summed E-state index contributed by atoms with van der Waals surface area (Å²) in [5, 5.41) is 3.76. The standard InChI is InChI=1S/C23H25ClFN5O2/c1-23(2,3)32-22(31)30-9-5-6-14(12-30)18-10-15-19(11-26-18)27-13-28-21(15)29-17-8-4-7-16(24)20(17)25/h4,7-8,10-11,13-14H,5-6,9,12H2,1-3H3,(H,27,28,29). The molecule has 168 valence electrons. The summed E-state index contributed by atoms with van der Waals surface area (Å²) < 4.78 is 19.9. The molecule has 0 saturated carbocycles. The van der Waals surface area contributed by atoms with Gasteiger partial charge in [-0.05, 0) is 51.8 Å². The van der Waals surface area contributed by atoms with Crippen molar-refractivity contribution in [2.75, 3.05) is 18.4 Å². The van der Waals surface area contributed by atoms with Crippen molar-refractivity contribution in [2.24, 2.45) is 0 Å². The van der Waals surface area contributed by atoms with E-state index >= 15 is 0 Å². The lowest BCUT2D eigenvalue weighted by Gasteiger charge is -2.34. The van der Waals surface area contributed by atoms with Gasteiger partial charge in [0.2, 0.25) is 0 Å². The fraction of sp³-hybridized carbons (Fsp3) is 0.391. The minimum Gasteiger partial charge on any atom is -0.444 e. The molecule has 1 aliphatic rings. The third kappa shape index (κ3) is 4.91. The lowest BCUT2D eigenvalue weighted by atomic mass is 9.94. The van der Waals surface area contributed by atoms with E-state index in [0.717, 1.165) is 18.5 Å².